The zero-order valence-electron chi connectivity index (χ0n) is 4.95. The second-order valence-electron chi connectivity index (χ2n) is 2.50. The Morgan fingerprint density at radius 1 is 1.56 bits per heavy atom. The van der Waals surface area contributed by atoms with Crippen molar-refractivity contribution >= 4 is 0 Å². The van der Waals surface area contributed by atoms with Crippen LogP contribution in [0.5, 0.6) is 0 Å². The van der Waals surface area contributed by atoms with Gasteiger partial charge in [-0.1, -0.05) is 12.2 Å². The average Bonchev–Trinajstić information content (AvgIpc) is 2.45. The van der Waals surface area contributed by atoms with Crippen molar-refractivity contribution in [1.29, 1.82) is 5.26 Å². The van der Waals surface area contributed by atoms with E-state index in [0.717, 1.165) is 6.42 Å². The maximum absolute atomic E-state index is 8.52. The van der Waals surface area contributed by atoms with Crippen LogP contribution in [0.3, 0.4) is 0 Å². The minimum absolute atomic E-state index is 0.111. The summed E-state index contributed by atoms with van der Waals surface area (Å²) in [6.45, 7) is 0. The number of hydrogen-bond acceptors (Lipinski definition) is 2. The summed E-state index contributed by atoms with van der Waals surface area (Å²) in [5.41, 5.74) is 0. The van der Waals surface area contributed by atoms with Crippen LogP contribution in [-0.4, -0.2) is 12.2 Å². The Morgan fingerprint density at radius 2 is 2.44 bits per heavy atom. The van der Waals surface area contributed by atoms with Gasteiger partial charge in [0.15, 0.2) is 0 Å². The van der Waals surface area contributed by atoms with Gasteiger partial charge < -0.3 is 4.74 Å². The molecule has 46 valence electrons. The fourth-order valence-electron chi connectivity index (χ4n) is 1.40. The van der Waals surface area contributed by atoms with Crippen molar-refractivity contribution in [3.63, 3.8) is 0 Å². The molecule has 0 aromatic heterocycles. The molecule has 2 aliphatic heterocycles. The van der Waals surface area contributed by atoms with Gasteiger partial charge in [0, 0.05) is 0 Å². The van der Waals surface area contributed by atoms with Crippen LogP contribution in [0.15, 0.2) is 12.2 Å². The van der Waals surface area contributed by atoms with E-state index in [9.17, 15) is 0 Å². The Balaban J connectivity index is 2.22. The van der Waals surface area contributed by atoms with Crippen molar-refractivity contribution in [2.75, 3.05) is 0 Å². The van der Waals surface area contributed by atoms with Crippen molar-refractivity contribution in [2.45, 2.75) is 18.6 Å². The molecular formula is C7H7NO. The first-order valence-corrected chi connectivity index (χ1v) is 3.13. The molecule has 0 saturated carbocycles. The highest BCUT2D eigenvalue weighted by molar-refractivity contribution is 5.15. The van der Waals surface area contributed by atoms with Crippen LogP contribution in [0.4, 0.5) is 0 Å². The lowest BCUT2D eigenvalue weighted by molar-refractivity contribution is 0.114. The molecule has 2 heteroatoms. The Hall–Kier alpha value is -0.810. The van der Waals surface area contributed by atoms with Crippen molar-refractivity contribution in [3.8, 4) is 6.07 Å². The van der Waals surface area contributed by atoms with Gasteiger partial charge in [0.1, 0.15) is 0 Å². The number of fused-ring (bicyclic) bond motifs is 2. The van der Waals surface area contributed by atoms with E-state index in [4.69, 9.17) is 10.00 Å². The van der Waals surface area contributed by atoms with Crippen molar-refractivity contribution in [3.05, 3.63) is 12.2 Å². The molecule has 2 nitrogen and oxygen atoms in total. The van der Waals surface area contributed by atoms with Crippen LogP contribution < -0.4 is 0 Å². The monoisotopic (exact) mass is 121 g/mol. The molecule has 0 amide bonds. The summed E-state index contributed by atoms with van der Waals surface area (Å²) in [6.07, 6.45) is 5.29. The van der Waals surface area contributed by atoms with E-state index in [1.807, 2.05) is 12.2 Å². The maximum Gasteiger partial charge on any atom is 0.0924 e. The van der Waals surface area contributed by atoms with Crippen LogP contribution in [0.2, 0.25) is 0 Å². The molecule has 1 fully saturated rings. The molecule has 0 aromatic rings. The smallest absolute Gasteiger partial charge is 0.0924 e. The van der Waals surface area contributed by atoms with Gasteiger partial charge in [0.2, 0.25) is 0 Å². The predicted octanol–water partition coefficient (Wildman–Crippen LogP) is 0.853. The van der Waals surface area contributed by atoms with Crippen molar-refractivity contribution < 1.29 is 4.74 Å². The summed E-state index contributed by atoms with van der Waals surface area (Å²) < 4.78 is 5.34. The highest BCUT2D eigenvalue weighted by Crippen LogP contribution is 2.32. The van der Waals surface area contributed by atoms with Gasteiger partial charge in [-0.3, -0.25) is 0 Å². The topological polar surface area (TPSA) is 33.0 Å². The number of nitrogens with zero attached hydrogens (tertiary/aromatic N) is 1. The van der Waals surface area contributed by atoms with E-state index in [1.165, 1.54) is 0 Å². The molecule has 0 N–H and O–H groups in total. The zero-order valence-corrected chi connectivity index (χ0v) is 4.95. The molecule has 0 radical (unpaired) electrons. The van der Waals surface area contributed by atoms with E-state index in [2.05, 4.69) is 6.07 Å². The second kappa shape index (κ2) is 1.58. The normalized spacial score (nSPS) is 45.4. The fourth-order valence-corrected chi connectivity index (χ4v) is 1.40. The number of ether oxygens (including phenoxy) is 1. The molecule has 2 heterocycles. The first-order chi connectivity index (χ1) is 4.40. The summed E-state index contributed by atoms with van der Waals surface area (Å²) in [5, 5.41) is 8.52. The Bertz CT molecular complexity index is 192. The van der Waals surface area contributed by atoms with Gasteiger partial charge in [-0.2, -0.15) is 5.26 Å². The average molecular weight is 121 g/mol. The lowest BCUT2D eigenvalue weighted by Crippen LogP contribution is -2.09. The van der Waals surface area contributed by atoms with Gasteiger partial charge in [-0.15, -0.1) is 0 Å². The molecule has 2 aliphatic rings. The molecule has 2 bridgehead atoms. The van der Waals surface area contributed by atoms with Crippen LogP contribution in [0.25, 0.3) is 0 Å². The summed E-state index contributed by atoms with van der Waals surface area (Å²) in [4.78, 5) is 0. The summed E-state index contributed by atoms with van der Waals surface area (Å²) in [6, 6.07) is 2.22. The van der Waals surface area contributed by atoms with Gasteiger partial charge in [0.05, 0.1) is 24.2 Å². The Labute approximate surface area is 53.7 Å². The number of hydrogen-bond donors (Lipinski definition) is 0. The third-order valence-electron chi connectivity index (χ3n) is 1.90. The number of rotatable bonds is 0. The summed E-state index contributed by atoms with van der Waals surface area (Å²) in [5.74, 6) is 0.125. The Kier molecular flexibility index (Phi) is 0.882. The molecule has 1 saturated heterocycles. The van der Waals surface area contributed by atoms with Crippen molar-refractivity contribution in [1.82, 2.24) is 0 Å². The number of nitriles is 1. The highest BCUT2D eigenvalue weighted by atomic mass is 16.5. The summed E-state index contributed by atoms with van der Waals surface area (Å²) >= 11 is 0. The molecule has 9 heavy (non-hydrogen) atoms. The lowest BCUT2D eigenvalue weighted by Gasteiger charge is -2.03. The lowest BCUT2D eigenvalue weighted by atomic mass is 9.96. The quantitative estimate of drug-likeness (QED) is 0.445. The van der Waals surface area contributed by atoms with E-state index in [-0.39, 0.29) is 18.1 Å². The van der Waals surface area contributed by atoms with E-state index in [0.29, 0.717) is 0 Å². The highest BCUT2D eigenvalue weighted by Gasteiger charge is 2.36. The molecule has 0 unspecified atom stereocenters. The van der Waals surface area contributed by atoms with E-state index >= 15 is 0 Å². The third-order valence-corrected chi connectivity index (χ3v) is 1.90. The maximum atomic E-state index is 8.52. The fraction of sp³-hybridized carbons (Fsp3) is 0.571. The zero-order chi connectivity index (χ0) is 6.27. The molecular weight excluding hydrogens is 114 g/mol. The third kappa shape index (κ3) is 0.585. The molecule has 3 atom stereocenters. The van der Waals surface area contributed by atoms with Gasteiger partial charge in [-0.05, 0) is 6.42 Å². The van der Waals surface area contributed by atoms with Crippen LogP contribution in [-0.2, 0) is 4.74 Å². The van der Waals surface area contributed by atoms with E-state index in [1.54, 1.807) is 0 Å². The van der Waals surface area contributed by atoms with E-state index < -0.39 is 0 Å². The Morgan fingerprint density at radius 3 is 2.78 bits per heavy atom. The SMILES string of the molecule is N#C[C@@H]1C[C@@H]2C=C[C@H]1O2. The van der Waals surface area contributed by atoms with Gasteiger partial charge >= 0.3 is 0 Å². The summed E-state index contributed by atoms with van der Waals surface area (Å²) in [7, 11) is 0. The van der Waals surface area contributed by atoms with Gasteiger partial charge in [0.25, 0.3) is 0 Å². The molecule has 2 rings (SSSR count). The van der Waals surface area contributed by atoms with Crippen LogP contribution >= 0.6 is 0 Å². The molecule has 0 spiro atoms. The molecule has 0 aromatic carbocycles. The van der Waals surface area contributed by atoms with Crippen LogP contribution in [0, 0.1) is 17.2 Å². The standard InChI is InChI=1S/C7H7NO/c8-4-5-3-6-1-2-7(5)9-6/h1-2,5-7H,3H2/t5-,6-,7+/m0/s1. The first kappa shape index (κ1) is 5.01. The minimum Gasteiger partial charge on any atom is -0.365 e. The largest absolute Gasteiger partial charge is 0.365 e. The predicted molar refractivity (Wildman–Crippen MR) is 31.5 cm³/mol. The van der Waals surface area contributed by atoms with Gasteiger partial charge in [-0.25, -0.2) is 0 Å². The van der Waals surface area contributed by atoms with Crippen LogP contribution in [0.1, 0.15) is 6.42 Å². The molecule has 0 aliphatic carbocycles. The minimum atomic E-state index is 0.111. The first-order valence-electron chi connectivity index (χ1n) is 3.13. The van der Waals surface area contributed by atoms with Crippen molar-refractivity contribution in [2.24, 2.45) is 5.92 Å². The second-order valence-corrected chi connectivity index (χ2v) is 2.50.